The molecule has 7 nitrogen and oxygen atoms in total. The van der Waals surface area contributed by atoms with Crippen molar-refractivity contribution in [1.29, 1.82) is 0 Å². The smallest absolute Gasteiger partial charge is 0.408 e. The molecule has 7 heteroatoms. The number of hydrogen-bond donors (Lipinski definition) is 3. The van der Waals surface area contributed by atoms with E-state index in [9.17, 15) is 19.5 Å². The first kappa shape index (κ1) is 21.5. The summed E-state index contributed by atoms with van der Waals surface area (Å²) in [4.78, 5) is 37.3. The maximum atomic E-state index is 12.9. The number of aliphatic carboxylic acids is 1. The number of carbonyl (C=O) groups excluding carboxylic acids is 2. The molecule has 172 valence electrons. The number of alkyl carbamates (subject to hydrolysis) is 1. The van der Waals surface area contributed by atoms with Gasteiger partial charge in [-0.25, -0.2) is 4.79 Å². The lowest BCUT2D eigenvalue weighted by Crippen LogP contribution is -2.55. The lowest BCUT2D eigenvalue weighted by atomic mass is 9.84. The molecule has 0 spiro atoms. The van der Waals surface area contributed by atoms with Gasteiger partial charge in [0.15, 0.2) is 0 Å². The van der Waals surface area contributed by atoms with Gasteiger partial charge in [-0.15, -0.1) is 0 Å². The number of rotatable bonds is 6. The summed E-state index contributed by atoms with van der Waals surface area (Å²) in [5.74, 6) is -1.28. The van der Waals surface area contributed by atoms with E-state index in [1.807, 2.05) is 24.3 Å². The quantitative estimate of drug-likeness (QED) is 0.623. The first-order chi connectivity index (χ1) is 15.8. The van der Waals surface area contributed by atoms with Crippen molar-refractivity contribution in [3.05, 3.63) is 59.7 Å². The Hall–Kier alpha value is -3.35. The van der Waals surface area contributed by atoms with Crippen LogP contribution in [0.15, 0.2) is 48.5 Å². The van der Waals surface area contributed by atoms with Crippen LogP contribution in [0.2, 0.25) is 0 Å². The van der Waals surface area contributed by atoms with Crippen molar-refractivity contribution in [3.8, 4) is 11.1 Å². The van der Waals surface area contributed by atoms with Crippen molar-refractivity contribution in [2.45, 2.75) is 56.5 Å². The fourth-order valence-corrected chi connectivity index (χ4v) is 5.31. The standard InChI is InChI=1S/C26H28N2O5/c1-25(23(30)31)12-6-11-21(25)27-22(29)26(13-14-26)28-24(32)33-15-20-18-9-4-2-7-16(18)17-8-3-5-10-19(17)20/h2-5,7-10,20-21H,6,11-15H2,1H3,(H,27,29)(H,28,32)(H,30,31). The van der Waals surface area contributed by atoms with Gasteiger partial charge in [-0.2, -0.15) is 0 Å². The third-order valence-electron chi connectivity index (χ3n) is 7.62. The van der Waals surface area contributed by atoms with Gasteiger partial charge in [0, 0.05) is 12.0 Å². The molecule has 2 unspecified atom stereocenters. The Kier molecular flexibility index (Phi) is 5.15. The first-order valence-electron chi connectivity index (χ1n) is 11.5. The summed E-state index contributed by atoms with van der Waals surface area (Å²) in [6.45, 7) is 1.85. The fraction of sp³-hybridized carbons (Fsp3) is 0.423. The predicted octanol–water partition coefficient (Wildman–Crippen LogP) is 3.82. The van der Waals surface area contributed by atoms with Gasteiger partial charge in [0.2, 0.25) is 5.91 Å². The summed E-state index contributed by atoms with van der Waals surface area (Å²) in [6.07, 6.45) is 2.30. The number of ether oxygens (including phenoxy) is 1. The second-order valence-corrected chi connectivity index (χ2v) is 9.67. The molecule has 0 aromatic heterocycles. The molecular weight excluding hydrogens is 420 g/mol. The van der Waals surface area contributed by atoms with Gasteiger partial charge < -0.3 is 20.5 Å². The zero-order valence-electron chi connectivity index (χ0n) is 18.6. The van der Waals surface area contributed by atoms with Crippen molar-refractivity contribution in [2.24, 2.45) is 5.41 Å². The Balaban J connectivity index is 1.22. The second kappa shape index (κ2) is 7.90. The van der Waals surface area contributed by atoms with Crippen LogP contribution in [-0.4, -0.2) is 41.3 Å². The highest BCUT2D eigenvalue weighted by molar-refractivity contribution is 5.93. The maximum absolute atomic E-state index is 12.9. The Morgan fingerprint density at radius 3 is 2.18 bits per heavy atom. The normalized spacial score (nSPS) is 24.5. The van der Waals surface area contributed by atoms with Crippen molar-refractivity contribution >= 4 is 18.0 Å². The zero-order valence-corrected chi connectivity index (χ0v) is 18.6. The van der Waals surface area contributed by atoms with E-state index >= 15 is 0 Å². The average Bonchev–Trinajstić information content (AvgIpc) is 3.39. The SMILES string of the molecule is CC1(C(=O)O)CCCC1NC(=O)C1(NC(=O)OCC2c3ccccc3-c3ccccc32)CC1. The van der Waals surface area contributed by atoms with Gasteiger partial charge in [0.05, 0.1) is 5.41 Å². The second-order valence-electron chi connectivity index (χ2n) is 9.67. The van der Waals surface area contributed by atoms with Crippen LogP contribution < -0.4 is 10.6 Å². The topological polar surface area (TPSA) is 105 Å². The molecule has 0 radical (unpaired) electrons. The van der Waals surface area contributed by atoms with Gasteiger partial charge in [-0.05, 0) is 54.9 Å². The number of carbonyl (C=O) groups is 3. The van der Waals surface area contributed by atoms with Gasteiger partial charge in [0.1, 0.15) is 12.1 Å². The van der Waals surface area contributed by atoms with Crippen molar-refractivity contribution < 1.29 is 24.2 Å². The number of amides is 2. The zero-order chi connectivity index (χ0) is 23.2. The molecule has 3 N–H and O–H groups in total. The number of carboxylic acids is 1. The summed E-state index contributed by atoms with van der Waals surface area (Å²) >= 11 is 0. The molecule has 3 aliphatic carbocycles. The molecule has 3 aliphatic rings. The summed E-state index contributed by atoms with van der Waals surface area (Å²) < 4.78 is 5.59. The highest BCUT2D eigenvalue weighted by Gasteiger charge is 2.54. The fourth-order valence-electron chi connectivity index (χ4n) is 5.31. The molecule has 0 heterocycles. The van der Waals surface area contributed by atoms with E-state index in [1.165, 1.54) is 0 Å². The molecular formula is C26H28N2O5. The highest BCUT2D eigenvalue weighted by Crippen LogP contribution is 2.45. The van der Waals surface area contributed by atoms with E-state index in [4.69, 9.17) is 4.74 Å². The van der Waals surface area contributed by atoms with Crippen molar-refractivity contribution in [2.75, 3.05) is 6.61 Å². The first-order valence-corrected chi connectivity index (χ1v) is 11.5. The molecule has 2 atom stereocenters. The number of nitrogens with one attached hydrogen (secondary N) is 2. The van der Waals surface area contributed by atoms with Crippen LogP contribution in [-0.2, 0) is 14.3 Å². The summed E-state index contributed by atoms with van der Waals surface area (Å²) in [6, 6.07) is 15.8. The van der Waals surface area contributed by atoms with Crippen molar-refractivity contribution in [3.63, 3.8) is 0 Å². The summed E-state index contributed by atoms with van der Waals surface area (Å²) in [5.41, 5.74) is 2.57. The number of hydrogen-bond acceptors (Lipinski definition) is 4. The average molecular weight is 449 g/mol. The minimum Gasteiger partial charge on any atom is -0.481 e. The molecule has 5 rings (SSSR count). The van der Waals surface area contributed by atoms with Crippen LogP contribution in [0.1, 0.15) is 56.1 Å². The number of fused-ring (bicyclic) bond motifs is 3. The molecule has 0 saturated heterocycles. The maximum Gasteiger partial charge on any atom is 0.408 e. The third-order valence-corrected chi connectivity index (χ3v) is 7.62. The van der Waals surface area contributed by atoms with Crippen LogP contribution in [0, 0.1) is 5.41 Å². The van der Waals surface area contributed by atoms with E-state index in [0.29, 0.717) is 25.7 Å². The van der Waals surface area contributed by atoms with E-state index in [2.05, 4.69) is 34.9 Å². The highest BCUT2D eigenvalue weighted by atomic mass is 16.5. The Morgan fingerprint density at radius 1 is 1.00 bits per heavy atom. The molecule has 2 saturated carbocycles. The lowest BCUT2D eigenvalue weighted by Gasteiger charge is -2.29. The van der Waals surface area contributed by atoms with E-state index < -0.39 is 29.1 Å². The largest absolute Gasteiger partial charge is 0.481 e. The molecule has 0 bridgehead atoms. The molecule has 2 amide bonds. The van der Waals surface area contributed by atoms with E-state index in [0.717, 1.165) is 28.7 Å². The van der Waals surface area contributed by atoms with E-state index in [1.54, 1.807) is 6.92 Å². The molecule has 33 heavy (non-hydrogen) atoms. The van der Waals surface area contributed by atoms with Crippen LogP contribution in [0.4, 0.5) is 4.79 Å². The lowest BCUT2D eigenvalue weighted by molar-refractivity contribution is -0.149. The monoisotopic (exact) mass is 448 g/mol. The predicted molar refractivity (Wildman–Crippen MR) is 122 cm³/mol. The molecule has 2 fully saturated rings. The van der Waals surface area contributed by atoms with Crippen LogP contribution >= 0.6 is 0 Å². The van der Waals surface area contributed by atoms with Crippen LogP contribution in [0.3, 0.4) is 0 Å². The van der Waals surface area contributed by atoms with Gasteiger partial charge in [-0.1, -0.05) is 55.0 Å². The number of carboxylic acid groups (broad SMARTS) is 1. The van der Waals surface area contributed by atoms with Gasteiger partial charge in [-0.3, -0.25) is 9.59 Å². The summed E-state index contributed by atoms with van der Waals surface area (Å²) in [5, 5.41) is 15.2. The third kappa shape index (κ3) is 3.65. The molecule has 2 aromatic rings. The van der Waals surface area contributed by atoms with Gasteiger partial charge >= 0.3 is 12.1 Å². The summed E-state index contributed by atoms with van der Waals surface area (Å²) in [7, 11) is 0. The molecule has 2 aromatic carbocycles. The Bertz CT molecular complexity index is 1080. The van der Waals surface area contributed by atoms with Crippen LogP contribution in [0.5, 0.6) is 0 Å². The van der Waals surface area contributed by atoms with Gasteiger partial charge in [0.25, 0.3) is 0 Å². The Labute approximate surface area is 192 Å². The molecule has 0 aliphatic heterocycles. The van der Waals surface area contributed by atoms with E-state index in [-0.39, 0.29) is 18.4 Å². The minimum absolute atomic E-state index is 0.0538. The Morgan fingerprint density at radius 2 is 1.61 bits per heavy atom. The number of benzene rings is 2. The van der Waals surface area contributed by atoms with Crippen LogP contribution in [0.25, 0.3) is 11.1 Å². The van der Waals surface area contributed by atoms with Crippen molar-refractivity contribution in [1.82, 2.24) is 10.6 Å². The minimum atomic E-state index is -1.01.